The summed E-state index contributed by atoms with van der Waals surface area (Å²) in [6.45, 7) is 25.6. The van der Waals surface area contributed by atoms with Crippen LogP contribution in [0.3, 0.4) is 0 Å². The average Bonchev–Trinajstić information content (AvgIpc) is 3.90. The molecule has 354 valence electrons. The first-order chi connectivity index (χ1) is 31.0. The summed E-state index contributed by atoms with van der Waals surface area (Å²) >= 11 is 0. The molecule has 0 atom stereocenters. The molecule has 9 rings (SSSR count). The van der Waals surface area contributed by atoms with E-state index in [1.165, 1.54) is 0 Å². The second-order valence-corrected chi connectivity index (χ2v) is 21.4. The maximum atomic E-state index is 11.6. The molecule has 0 unspecified atom stereocenters. The van der Waals surface area contributed by atoms with Gasteiger partial charge < -0.3 is 19.0 Å². The van der Waals surface area contributed by atoms with Crippen LogP contribution < -0.4 is 0 Å². The van der Waals surface area contributed by atoms with Crippen molar-refractivity contribution in [3.05, 3.63) is 144 Å². The van der Waals surface area contributed by atoms with Crippen LogP contribution in [-0.4, -0.2) is 30.1 Å². The minimum atomic E-state index is -0.297. The Balaban J connectivity index is 0.00000342. The van der Waals surface area contributed by atoms with E-state index in [9.17, 15) is 10.2 Å². The number of aromatic nitrogens is 4. The molecule has 0 aliphatic rings. The maximum absolute atomic E-state index is 11.6. The molecular weight excluding hydrogens is 1210 g/mol. The third-order valence-corrected chi connectivity index (χ3v) is 12.3. The van der Waals surface area contributed by atoms with E-state index in [0.29, 0.717) is 56.5 Å². The number of fused-ring (bicyclic) bond motifs is 2. The van der Waals surface area contributed by atoms with Crippen LogP contribution in [0.25, 0.3) is 89.9 Å². The summed E-state index contributed by atoms with van der Waals surface area (Å²) in [7, 11) is 0. The van der Waals surface area contributed by atoms with Crippen LogP contribution in [0.1, 0.15) is 105 Å². The van der Waals surface area contributed by atoms with Crippen molar-refractivity contribution in [1.29, 1.82) is 0 Å². The van der Waals surface area contributed by atoms with Gasteiger partial charge in [0.25, 0.3) is 0 Å². The topological polar surface area (TPSA) is 118 Å². The zero-order valence-corrected chi connectivity index (χ0v) is 45.1. The number of benzene rings is 6. The van der Waals surface area contributed by atoms with E-state index in [2.05, 4.69) is 117 Å². The fourth-order valence-electron chi connectivity index (χ4n) is 8.37. The van der Waals surface area contributed by atoms with Crippen LogP contribution in [0, 0.1) is 12.1 Å². The van der Waals surface area contributed by atoms with Gasteiger partial charge in [0.05, 0.1) is 28.5 Å². The second kappa shape index (κ2) is 18.3. The van der Waals surface area contributed by atoms with Crippen molar-refractivity contribution < 1.29 is 61.2 Å². The number of aromatic hydroxyl groups is 2. The minimum absolute atomic E-state index is 0. The number of phenols is 2. The summed E-state index contributed by atoms with van der Waals surface area (Å²) in [5, 5.41) is 23.3. The first kappa shape index (κ1) is 50.2. The monoisotopic (exact) mass is 1260 g/mol. The predicted molar refractivity (Wildman–Crippen MR) is 266 cm³/mol. The van der Waals surface area contributed by atoms with Gasteiger partial charge in [0, 0.05) is 64.6 Å². The first-order valence-corrected chi connectivity index (χ1v) is 22.5. The molecule has 2 N–H and O–H groups in total. The molecule has 3 aromatic heterocycles. The molecule has 0 aliphatic carbocycles. The summed E-state index contributed by atoms with van der Waals surface area (Å²) in [5.74, 6) is 1.08. The van der Waals surface area contributed by atoms with Crippen LogP contribution in [0.4, 0.5) is 0 Å². The number of rotatable bonds is 6. The van der Waals surface area contributed by atoms with E-state index < -0.39 is 0 Å². The van der Waals surface area contributed by atoms with Crippen molar-refractivity contribution in [2.24, 2.45) is 0 Å². The van der Waals surface area contributed by atoms with Gasteiger partial charge in [0.15, 0.2) is 0 Å². The van der Waals surface area contributed by atoms with Crippen molar-refractivity contribution in [2.75, 3.05) is 0 Å². The molecule has 0 radical (unpaired) electrons. The van der Waals surface area contributed by atoms with Crippen LogP contribution in [0.5, 0.6) is 11.5 Å². The molecule has 10 heteroatoms. The van der Waals surface area contributed by atoms with Crippen molar-refractivity contribution in [3.63, 3.8) is 0 Å². The van der Waals surface area contributed by atoms with E-state index in [1.54, 1.807) is 6.33 Å². The van der Waals surface area contributed by atoms with Crippen molar-refractivity contribution in [2.45, 2.75) is 105 Å². The molecule has 0 spiro atoms. The molecule has 3 heterocycles. The summed E-state index contributed by atoms with van der Waals surface area (Å²) in [6, 6.07) is 41.0. The number of hydrogen-bond acceptors (Lipinski definition) is 8. The molecule has 0 aliphatic heterocycles. The van der Waals surface area contributed by atoms with Crippen molar-refractivity contribution in [3.8, 4) is 79.2 Å². The van der Waals surface area contributed by atoms with Crippen LogP contribution >= 0.6 is 0 Å². The van der Waals surface area contributed by atoms with E-state index in [4.69, 9.17) is 18.8 Å². The fraction of sp³-hybridized carbons (Fsp3) is 0.276. The van der Waals surface area contributed by atoms with Crippen molar-refractivity contribution in [1.82, 2.24) is 19.9 Å². The number of oxazole rings is 2. The van der Waals surface area contributed by atoms with Gasteiger partial charge in [-0.15, -0.1) is 59.7 Å². The Labute approximate surface area is 428 Å². The van der Waals surface area contributed by atoms with E-state index in [0.717, 1.165) is 55.6 Å². The zero-order chi connectivity index (χ0) is 47.1. The molecule has 8 nitrogen and oxygen atoms in total. The van der Waals surface area contributed by atoms with Crippen LogP contribution in [0.2, 0.25) is 0 Å². The van der Waals surface area contributed by atoms with Crippen LogP contribution in [0.15, 0.2) is 118 Å². The molecule has 0 saturated heterocycles. The SMILES string of the molecule is CC(C)(C)c1cc(-c2nc3c(-c4[c-]c(-c5cc(-c6[c-]c(-c7cccc8oc(-c9cc(C(C)(C)C)cc(C(C)(C)C)c9O)nc78)ccc6)ncn5)ccc4)cccc3o2)c(O)c(C(C)(C)C)c1.[Pt].[Pt]. The maximum Gasteiger partial charge on any atom is 0.230 e. The first-order valence-electron chi connectivity index (χ1n) is 22.5. The molecule has 6 aromatic carbocycles. The number of para-hydroxylation sites is 2. The Hall–Kier alpha value is -5.68. The number of hydrogen-bond donors (Lipinski definition) is 2. The average molecular weight is 1260 g/mol. The molecule has 0 fully saturated rings. The van der Waals surface area contributed by atoms with Gasteiger partial charge in [-0.2, -0.15) is 0 Å². The normalized spacial score (nSPS) is 12.3. The summed E-state index contributed by atoms with van der Waals surface area (Å²) < 4.78 is 12.8. The zero-order valence-electron chi connectivity index (χ0n) is 40.5. The quantitative estimate of drug-likeness (QED) is 0.158. The third-order valence-electron chi connectivity index (χ3n) is 12.3. The second-order valence-electron chi connectivity index (χ2n) is 21.4. The Kier molecular flexibility index (Phi) is 13.5. The summed E-state index contributed by atoms with van der Waals surface area (Å²) in [6.07, 6.45) is 1.56. The smallest absolute Gasteiger partial charge is 0.230 e. The largest absolute Gasteiger partial charge is 0.507 e. The fourth-order valence-corrected chi connectivity index (χ4v) is 8.37. The Morgan fingerprint density at radius 2 is 0.794 bits per heavy atom. The van der Waals surface area contributed by atoms with Gasteiger partial charge in [-0.05, 0) is 57.1 Å². The van der Waals surface area contributed by atoms with E-state index >= 15 is 0 Å². The minimum Gasteiger partial charge on any atom is -0.507 e. The Morgan fingerprint density at radius 1 is 0.426 bits per heavy atom. The summed E-state index contributed by atoms with van der Waals surface area (Å²) in [5.41, 5.74) is 13.0. The number of nitrogens with zero attached hydrogens (tertiary/aromatic N) is 4. The van der Waals surface area contributed by atoms with Gasteiger partial charge in [-0.3, -0.25) is 9.97 Å². The predicted octanol–water partition coefficient (Wildman–Crippen LogP) is 15.0. The van der Waals surface area contributed by atoms with E-state index in [-0.39, 0.29) is 75.3 Å². The summed E-state index contributed by atoms with van der Waals surface area (Å²) in [4.78, 5) is 19.4. The molecule has 68 heavy (non-hydrogen) atoms. The van der Waals surface area contributed by atoms with Crippen molar-refractivity contribution >= 4 is 22.2 Å². The third kappa shape index (κ3) is 9.65. The molecule has 0 saturated carbocycles. The van der Waals surface area contributed by atoms with E-state index in [1.807, 2.05) is 91.0 Å². The standard InChI is InChI=1S/C58H56N4O4.2Pt/c1-55(2,3)37-27-41(51(63)43(29-37)57(7,8)9)53-61-49-39(21-15-23-47(49)65-53)33-17-13-19-35(25-33)45-31-46(60-32-59-45)36-20-14-18-34(26-36)40-22-16-24-48-50(40)62-54(66-48)42-28-38(56(4,5)6)30-44(52(42)64)58(10,11)12;;/h13-24,27-32,63-64H,1-12H3;;/q-2;;. The molecule has 0 bridgehead atoms. The van der Waals surface area contributed by atoms with Gasteiger partial charge in [0.1, 0.15) is 22.7 Å². The van der Waals surface area contributed by atoms with Gasteiger partial charge in [0.2, 0.25) is 11.8 Å². The molecular formula is C58H56N4O4Pt2-2. The Morgan fingerprint density at radius 3 is 1.16 bits per heavy atom. The molecule has 0 amide bonds. The van der Waals surface area contributed by atoms with Gasteiger partial charge in [-0.1, -0.05) is 148 Å². The number of phenolic OH excluding ortho intramolecular Hbond substituents is 2. The van der Waals surface area contributed by atoms with Gasteiger partial charge in [-0.25, -0.2) is 9.97 Å². The Bertz CT molecular complexity index is 3120. The molecule has 9 aromatic rings. The van der Waals surface area contributed by atoms with Gasteiger partial charge >= 0.3 is 0 Å². The van der Waals surface area contributed by atoms with Crippen LogP contribution in [-0.2, 0) is 63.8 Å².